The minimum absolute atomic E-state index is 0.373. The molecule has 34 heavy (non-hydrogen) atoms. The second-order valence-electron chi connectivity index (χ2n) is 8.31. The van der Waals surface area contributed by atoms with Crippen molar-refractivity contribution in [2.75, 3.05) is 0 Å². The highest BCUT2D eigenvalue weighted by Crippen LogP contribution is 2.43. The molecule has 4 aromatic carbocycles. The predicted octanol–water partition coefficient (Wildman–Crippen LogP) is 6.24. The van der Waals surface area contributed by atoms with Gasteiger partial charge < -0.3 is 9.97 Å². The van der Waals surface area contributed by atoms with Gasteiger partial charge in [-0.1, -0.05) is 60.1 Å². The van der Waals surface area contributed by atoms with Crippen LogP contribution < -0.4 is 0 Å². The number of rotatable bonds is 2. The topological polar surface area (TPSA) is 81.3 Å². The normalized spacial score (nSPS) is 14.0. The third-order valence-corrected chi connectivity index (χ3v) is 6.63. The van der Waals surface area contributed by atoms with Gasteiger partial charge in [0.15, 0.2) is 0 Å². The van der Waals surface area contributed by atoms with Gasteiger partial charge in [-0.2, -0.15) is 10.1 Å². The average molecular weight is 463 g/mol. The number of amides is 2. The molecule has 0 fully saturated rings. The van der Waals surface area contributed by atoms with Crippen LogP contribution in [0.4, 0.5) is 0 Å². The fourth-order valence-electron chi connectivity index (χ4n) is 4.98. The Morgan fingerprint density at radius 3 is 1.85 bits per heavy atom. The van der Waals surface area contributed by atoms with Crippen molar-refractivity contribution < 1.29 is 9.59 Å². The van der Waals surface area contributed by atoms with E-state index in [1.165, 1.54) is 6.21 Å². The molecular weight excluding hydrogens is 448 g/mol. The molecular formula is C27H15ClN4O2. The van der Waals surface area contributed by atoms with Crippen LogP contribution in [0.3, 0.4) is 0 Å². The standard InChI is InChI=1S/C27H15ClN4O2/c28-15-7-5-6-14(12-15)13-29-32-26(33)22-20-16-8-1-3-10-18(16)30-24(20)25-21(23(22)27(32)34)17-9-2-4-11-19(17)31-25/h1-13,30-31H/b29-13+. The van der Waals surface area contributed by atoms with Gasteiger partial charge in [0.25, 0.3) is 11.8 Å². The Hall–Kier alpha value is -4.42. The molecule has 3 heterocycles. The molecule has 2 amide bonds. The number of hydrazone groups is 1. The van der Waals surface area contributed by atoms with Crippen molar-refractivity contribution in [1.82, 2.24) is 15.0 Å². The van der Waals surface area contributed by atoms with E-state index >= 15 is 0 Å². The van der Waals surface area contributed by atoms with Gasteiger partial charge in [-0.3, -0.25) is 9.59 Å². The van der Waals surface area contributed by atoms with Gasteiger partial charge in [0.1, 0.15) is 0 Å². The zero-order chi connectivity index (χ0) is 23.0. The Bertz CT molecular complexity index is 1770. The molecule has 2 aromatic heterocycles. The molecule has 1 aliphatic rings. The van der Waals surface area contributed by atoms with E-state index in [0.717, 1.165) is 48.6 Å². The summed E-state index contributed by atoms with van der Waals surface area (Å²) in [5.41, 5.74) is 4.83. The average Bonchev–Trinajstić information content (AvgIpc) is 3.48. The van der Waals surface area contributed by atoms with Crippen molar-refractivity contribution >= 4 is 73.2 Å². The second kappa shape index (κ2) is 6.79. The second-order valence-corrected chi connectivity index (χ2v) is 8.75. The molecule has 0 saturated carbocycles. The summed E-state index contributed by atoms with van der Waals surface area (Å²) in [6.45, 7) is 0. The largest absolute Gasteiger partial charge is 0.353 e. The first-order valence-electron chi connectivity index (χ1n) is 10.8. The molecule has 0 unspecified atom stereocenters. The molecule has 6 aromatic rings. The number of carbonyl (C=O) groups is 2. The van der Waals surface area contributed by atoms with Crippen LogP contribution in [-0.4, -0.2) is 33.0 Å². The van der Waals surface area contributed by atoms with Crippen LogP contribution in [0.1, 0.15) is 26.3 Å². The van der Waals surface area contributed by atoms with E-state index in [0.29, 0.717) is 21.7 Å². The third kappa shape index (κ3) is 2.48. The van der Waals surface area contributed by atoms with E-state index in [4.69, 9.17) is 11.6 Å². The summed E-state index contributed by atoms with van der Waals surface area (Å²) in [5.74, 6) is -0.888. The van der Waals surface area contributed by atoms with Crippen molar-refractivity contribution in [1.29, 1.82) is 0 Å². The van der Waals surface area contributed by atoms with Gasteiger partial charge in [-0.15, -0.1) is 0 Å². The van der Waals surface area contributed by atoms with Gasteiger partial charge in [-0.25, -0.2) is 0 Å². The van der Waals surface area contributed by atoms with Gasteiger partial charge in [0.2, 0.25) is 0 Å². The van der Waals surface area contributed by atoms with Gasteiger partial charge in [-0.05, 0) is 29.8 Å². The van der Waals surface area contributed by atoms with Crippen molar-refractivity contribution in [3.8, 4) is 0 Å². The predicted molar refractivity (Wildman–Crippen MR) is 135 cm³/mol. The van der Waals surface area contributed by atoms with Crippen molar-refractivity contribution in [3.63, 3.8) is 0 Å². The quantitative estimate of drug-likeness (QED) is 0.236. The van der Waals surface area contributed by atoms with Crippen LogP contribution in [0.5, 0.6) is 0 Å². The van der Waals surface area contributed by atoms with E-state index in [9.17, 15) is 9.59 Å². The number of benzene rings is 4. The number of H-pyrrole nitrogens is 2. The van der Waals surface area contributed by atoms with E-state index in [-0.39, 0.29) is 0 Å². The summed E-state index contributed by atoms with van der Waals surface area (Å²) >= 11 is 6.07. The summed E-state index contributed by atoms with van der Waals surface area (Å²) < 4.78 is 0. The van der Waals surface area contributed by atoms with E-state index in [2.05, 4.69) is 15.1 Å². The van der Waals surface area contributed by atoms with Crippen LogP contribution in [0, 0.1) is 0 Å². The zero-order valence-electron chi connectivity index (χ0n) is 17.6. The Balaban J connectivity index is 1.56. The van der Waals surface area contributed by atoms with Crippen LogP contribution in [0.25, 0.3) is 43.6 Å². The summed E-state index contributed by atoms with van der Waals surface area (Å²) in [6, 6.07) is 22.6. The molecule has 162 valence electrons. The summed E-state index contributed by atoms with van der Waals surface area (Å²) in [5, 5.41) is 9.01. The number of hydrogen-bond donors (Lipinski definition) is 2. The maximum Gasteiger partial charge on any atom is 0.283 e. The van der Waals surface area contributed by atoms with E-state index < -0.39 is 11.8 Å². The number of imide groups is 1. The number of nitrogens with one attached hydrogen (secondary N) is 2. The number of para-hydroxylation sites is 2. The third-order valence-electron chi connectivity index (χ3n) is 6.40. The Labute approximate surface area is 197 Å². The SMILES string of the molecule is O=C1c2c(c3c4ccccc4[nH]c3c3[nH]c4ccccc4c23)C(=O)N1/N=C/c1cccc(Cl)c1. The lowest BCUT2D eigenvalue weighted by atomic mass is 9.97. The molecule has 1 aliphatic heterocycles. The summed E-state index contributed by atoms with van der Waals surface area (Å²) in [4.78, 5) is 34.3. The molecule has 6 nitrogen and oxygen atoms in total. The fraction of sp³-hybridized carbons (Fsp3) is 0. The molecule has 0 radical (unpaired) electrons. The first-order valence-corrected chi connectivity index (χ1v) is 11.1. The number of carbonyl (C=O) groups excluding carboxylic acids is 2. The molecule has 2 N–H and O–H groups in total. The minimum Gasteiger partial charge on any atom is -0.353 e. The zero-order valence-corrected chi connectivity index (χ0v) is 18.4. The van der Waals surface area contributed by atoms with Crippen LogP contribution >= 0.6 is 11.6 Å². The van der Waals surface area contributed by atoms with Crippen molar-refractivity contribution in [2.24, 2.45) is 5.10 Å². The lowest BCUT2D eigenvalue weighted by molar-refractivity contribution is 0.0661. The first kappa shape index (κ1) is 19.1. The molecule has 7 heteroatoms. The monoisotopic (exact) mass is 462 g/mol. The minimum atomic E-state index is -0.444. The Kier molecular flexibility index (Phi) is 3.81. The van der Waals surface area contributed by atoms with Crippen LogP contribution in [0.2, 0.25) is 5.02 Å². The Morgan fingerprint density at radius 1 is 0.735 bits per heavy atom. The lowest BCUT2D eigenvalue weighted by Gasteiger charge is -2.05. The van der Waals surface area contributed by atoms with Crippen molar-refractivity contribution in [2.45, 2.75) is 0 Å². The van der Waals surface area contributed by atoms with E-state index in [1.807, 2.05) is 54.6 Å². The molecule has 7 rings (SSSR count). The number of aromatic amines is 2. The fourth-order valence-corrected chi connectivity index (χ4v) is 5.17. The van der Waals surface area contributed by atoms with Gasteiger partial charge >= 0.3 is 0 Å². The maximum absolute atomic E-state index is 13.7. The highest BCUT2D eigenvalue weighted by Gasteiger charge is 2.41. The number of nitrogens with zero attached hydrogens (tertiary/aromatic N) is 2. The van der Waals surface area contributed by atoms with Gasteiger partial charge in [0.05, 0.1) is 28.4 Å². The number of aromatic nitrogens is 2. The number of hydrogen-bond acceptors (Lipinski definition) is 3. The first-order chi connectivity index (χ1) is 16.6. The summed E-state index contributed by atoms with van der Waals surface area (Å²) in [7, 11) is 0. The van der Waals surface area contributed by atoms with Crippen LogP contribution in [-0.2, 0) is 0 Å². The number of halogens is 1. The van der Waals surface area contributed by atoms with Crippen molar-refractivity contribution in [3.05, 3.63) is 94.5 Å². The molecule has 0 aliphatic carbocycles. The molecule has 0 spiro atoms. The highest BCUT2D eigenvalue weighted by molar-refractivity contribution is 6.39. The van der Waals surface area contributed by atoms with Crippen LogP contribution in [0.15, 0.2) is 77.9 Å². The number of fused-ring (bicyclic) bond motifs is 10. The smallest absolute Gasteiger partial charge is 0.283 e. The lowest BCUT2D eigenvalue weighted by Crippen LogP contribution is -2.24. The van der Waals surface area contributed by atoms with Gasteiger partial charge in [0, 0.05) is 37.6 Å². The van der Waals surface area contributed by atoms with E-state index in [1.54, 1.807) is 18.2 Å². The maximum atomic E-state index is 13.7. The summed E-state index contributed by atoms with van der Waals surface area (Å²) in [6.07, 6.45) is 1.48. The molecule has 0 saturated heterocycles. The molecule has 0 bridgehead atoms. The molecule has 0 atom stereocenters. The Morgan fingerprint density at radius 2 is 1.29 bits per heavy atom. The highest BCUT2D eigenvalue weighted by atomic mass is 35.5.